The number of imide groups is 1. The number of unbranched alkanes of at least 4 members (excludes halogenated alkanes) is 14. The molecule has 0 bridgehead atoms. The first kappa shape index (κ1) is 64.9. The minimum atomic E-state index is -4.50. The van der Waals surface area contributed by atoms with Gasteiger partial charge in [0.2, 0.25) is 11.6 Å². The zero-order valence-electron chi connectivity index (χ0n) is 48.1. The lowest BCUT2D eigenvalue weighted by Gasteiger charge is -2.28. The zero-order valence-corrected chi connectivity index (χ0v) is 50.5. The Morgan fingerprint density at radius 3 is 1.86 bits per heavy atom. The Morgan fingerprint density at radius 1 is 0.630 bits per heavy atom. The lowest BCUT2D eigenvalue weighted by molar-refractivity contribution is -0.438. The first-order valence-electron chi connectivity index (χ1n) is 29.3. The van der Waals surface area contributed by atoms with Gasteiger partial charge in [-0.2, -0.15) is 29.8 Å². The molecule has 2 aromatic carbocycles. The van der Waals surface area contributed by atoms with Crippen LogP contribution < -0.4 is 15.5 Å². The zero-order chi connectivity index (χ0) is 58.9. The number of hydrogen-bond acceptors (Lipinski definition) is 11. The molecule has 1 aliphatic carbocycles. The number of nitrogens with one attached hydrogen (secondary N) is 2. The molecule has 0 saturated heterocycles. The quantitative estimate of drug-likeness (QED) is 0.0186. The molecule has 446 valence electrons. The highest BCUT2D eigenvalue weighted by atomic mass is 32.2. The van der Waals surface area contributed by atoms with Crippen molar-refractivity contribution >= 4 is 65.2 Å². The van der Waals surface area contributed by atoms with Crippen molar-refractivity contribution in [2.75, 3.05) is 49.1 Å². The Balaban J connectivity index is 1.08. The van der Waals surface area contributed by atoms with Gasteiger partial charge in [0.25, 0.3) is 42.2 Å². The Bertz CT molecular complexity index is 3080. The molecule has 5 N–H and O–H groups in total. The predicted octanol–water partition coefficient (Wildman–Crippen LogP) is 10.7. The number of carbonyl (C=O) groups excluding carboxylic acids is 3. The summed E-state index contributed by atoms with van der Waals surface area (Å²) in [6.45, 7) is 11.3. The molecule has 20 heteroatoms. The van der Waals surface area contributed by atoms with E-state index in [0.29, 0.717) is 57.4 Å². The lowest BCUT2D eigenvalue weighted by Crippen LogP contribution is -2.30. The highest BCUT2D eigenvalue weighted by molar-refractivity contribution is 7.86. The molecule has 0 atom stereocenters. The topological polar surface area (TPSA) is 248 Å². The van der Waals surface area contributed by atoms with Crippen molar-refractivity contribution in [2.24, 2.45) is 0 Å². The van der Waals surface area contributed by atoms with Crippen LogP contribution in [0.4, 0.5) is 11.4 Å². The summed E-state index contributed by atoms with van der Waals surface area (Å²) in [5.74, 6) is -1.02. The van der Waals surface area contributed by atoms with E-state index in [1.807, 2.05) is 26.0 Å². The maximum atomic E-state index is 12.5. The summed E-state index contributed by atoms with van der Waals surface area (Å²) < 4.78 is 102. The fourth-order valence-corrected chi connectivity index (χ4v) is 13.3. The van der Waals surface area contributed by atoms with E-state index in [2.05, 4.69) is 70.4 Å². The Labute approximate surface area is 482 Å². The second kappa shape index (κ2) is 29.8. The van der Waals surface area contributed by atoms with Gasteiger partial charge in [-0.15, -0.1) is 0 Å². The van der Waals surface area contributed by atoms with Crippen molar-refractivity contribution in [3.05, 3.63) is 113 Å². The van der Waals surface area contributed by atoms with Crippen LogP contribution in [-0.4, -0.2) is 116 Å². The number of benzene rings is 2. The SMILES string of the molecule is CC1(C)C(/C=C/C2=C(NCCCCCCCCCCC(=O)NCCCCCCCCN3C(=O)C=CC3=O)C(=C/C=C3/N(CCCCS(=O)(=O)O)c4ccc(S(=O)(=O)O)cc4C3(C)C)/CCC2)=[N+](CCCCS(=O)(=O)O)c2ccccc21. The molecule has 6 rings (SSSR count). The molecular formula is C61H88N5O12S3+. The smallest absolute Gasteiger partial charge is 0.294 e. The van der Waals surface area contributed by atoms with Crippen LogP contribution in [0.1, 0.15) is 180 Å². The fourth-order valence-electron chi connectivity index (χ4n) is 11.6. The number of fused-ring (bicyclic) bond motifs is 2. The first-order chi connectivity index (χ1) is 38.4. The molecule has 2 aromatic rings. The van der Waals surface area contributed by atoms with Gasteiger partial charge in [0.1, 0.15) is 6.54 Å². The van der Waals surface area contributed by atoms with Crippen molar-refractivity contribution in [2.45, 2.75) is 185 Å². The van der Waals surface area contributed by atoms with Gasteiger partial charge in [-0.05, 0) is 119 Å². The summed E-state index contributed by atoms with van der Waals surface area (Å²) >= 11 is 0. The molecular weight excluding hydrogens is 1090 g/mol. The molecule has 0 unspecified atom stereocenters. The van der Waals surface area contributed by atoms with E-state index in [4.69, 9.17) is 0 Å². The van der Waals surface area contributed by atoms with Crippen LogP contribution in [0.3, 0.4) is 0 Å². The normalized spacial score (nSPS) is 18.1. The Morgan fingerprint density at radius 2 is 1.21 bits per heavy atom. The molecule has 3 aliphatic heterocycles. The van der Waals surface area contributed by atoms with Crippen LogP contribution in [0.15, 0.2) is 106 Å². The maximum absolute atomic E-state index is 12.5. The average Bonchev–Trinajstić information content (AvgIpc) is 2.78. The third-order valence-corrected chi connectivity index (χ3v) is 18.6. The number of allylic oxidation sites excluding steroid dienone is 7. The van der Waals surface area contributed by atoms with Gasteiger partial charge in [-0.25, -0.2) is 0 Å². The van der Waals surface area contributed by atoms with Gasteiger partial charge in [-0.3, -0.25) is 32.9 Å². The first-order valence-corrected chi connectivity index (χ1v) is 34.0. The number of rotatable bonds is 35. The molecule has 0 aromatic heterocycles. The Hall–Kier alpha value is -5.25. The van der Waals surface area contributed by atoms with Gasteiger partial charge >= 0.3 is 0 Å². The monoisotopic (exact) mass is 1180 g/mol. The average molecular weight is 1180 g/mol. The van der Waals surface area contributed by atoms with Crippen LogP contribution in [0.5, 0.6) is 0 Å². The standard InChI is InChI=1S/C61H87N5O12S3/c1-60(2)50-28-16-17-29-52(50)64(41-21-23-44-79(70,71)72)54(60)35-31-47-26-25-27-48(32-36-55-61(3,4)51-46-49(81(76,77)78)33-34-53(51)65(55)42-22-24-45-80(73,74)75)59(47)63-40-19-13-8-6-5-7-11-15-30-56(67)62-39-18-12-9-10-14-20-43-66-57(68)37-38-58(66)69/h16-17,28-29,31-38,46H,5-15,18-27,30,39-45H2,1-4H3,(H4,62,67,70,71,72,73,74,75,76,77,78)/p+1/b48-32+,55-36+. The van der Waals surface area contributed by atoms with Crippen LogP contribution in [0.25, 0.3) is 0 Å². The van der Waals surface area contributed by atoms with Crippen LogP contribution in [0, 0.1) is 0 Å². The number of amides is 3. The van der Waals surface area contributed by atoms with Crippen LogP contribution in [0.2, 0.25) is 0 Å². The summed E-state index contributed by atoms with van der Waals surface area (Å²) in [5.41, 5.74) is 7.90. The summed E-state index contributed by atoms with van der Waals surface area (Å²) in [7, 11) is -12.7. The van der Waals surface area contributed by atoms with Crippen molar-refractivity contribution in [1.82, 2.24) is 15.5 Å². The molecule has 0 saturated carbocycles. The van der Waals surface area contributed by atoms with E-state index in [-0.39, 0.29) is 46.0 Å². The van der Waals surface area contributed by atoms with E-state index in [1.165, 1.54) is 34.7 Å². The van der Waals surface area contributed by atoms with E-state index in [1.54, 1.807) is 6.07 Å². The van der Waals surface area contributed by atoms with Gasteiger partial charge in [0, 0.05) is 91.4 Å². The summed E-state index contributed by atoms with van der Waals surface area (Å²) in [6, 6.07) is 12.8. The molecule has 17 nitrogen and oxygen atoms in total. The number of carbonyl (C=O) groups is 3. The molecule has 4 aliphatic rings. The van der Waals surface area contributed by atoms with Gasteiger partial charge in [-0.1, -0.05) is 108 Å². The van der Waals surface area contributed by atoms with E-state index < -0.39 is 35.8 Å². The van der Waals surface area contributed by atoms with Crippen molar-refractivity contribution in [1.29, 1.82) is 0 Å². The summed E-state index contributed by atoms with van der Waals surface area (Å²) in [6.07, 6.45) is 30.0. The fraction of sp³-hybridized carbons (Fsp3) is 0.574. The predicted molar refractivity (Wildman–Crippen MR) is 320 cm³/mol. The molecule has 0 fully saturated rings. The third-order valence-electron chi connectivity index (χ3n) is 16.1. The molecule has 3 amide bonds. The molecule has 81 heavy (non-hydrogen) atoms. The Kier molecular flexibility index (Phi) is 23.9. The van der Waals surface area contributed by atoms with Crippen molar-refractivity contribution in [3.8, 4) is 0 Å². The second-order valence-electron chi connectivity index (χ2n) is 23.1. The minimum absolute atomic E-state index is 0.107. The number of nitrogens with zero attached hydrogens (tertiary/aromatic N) is 3. The van der Waals surface area contributed by atoms with E-state index in [9.17, 15) is 53.3 Å². The lowest BCUT2D eigenvalue weighted by atomic mass is 9.81. The van der Waals surface area contributed by atoms with Crippen molar-refractivity contribution in [3.63, 3.8) is 0 Å². The van der Waals surface area contributed by atoms with Gasteiger partial charge in [0.05, 0.1) is 21.8 Å². The van der Waals surface area contributed by atoms with Gasteiger partial charge in [0.15, 0.2) is 5.71 Å². The highest BCUT2D eigenvalue weighted by Crippen LogP contribution is 2.49. The summed E-state index contributed by atoms with van der Waals surface area (Å²) in [4.78, 5) is 38.9. The van der Waals surface area contributed by atoms with Crippen LogP contribution >= 0.6 is 0 Å². The third kappa shape index (κ3) is 19.1. The molecule has 0 spiro atoms. The van der Waals surface area contributed by atoms with Crippen molar-refractivity contribution < 1.29 is 57.9 Å². The second-order valence-corrected chi connectivity index (χ2v) is 27.6. The molecule has 0 radical (unpaired) electrons. The van der Waals surface area contributed by atoms with E-state index >= 15 is 0 Å². The molecule has 3 heterocycles. The maximum Gasteiger partial charge on any atom is 0.294 e. The minimum Gasteiger partial charge on any atom is -0.385 e. The highest BCUT2D eigenvalue weighted by Gasteiger charge is 2.44. The largest absolute Gasteiger partial charge is 0.385 e. The van der Waals surface area contributed by atoms with Crippen LogP contribution in [-0.2, 0) is 55.6 Å². The number of hydrogen-bond donors (Lipinski definition) is 5. The summed E-state index contributed by atoms with van der Waals surface area (Å²) in [5, 5.41) is 6.92. The number of anilines is 1. The van der Waals surface area contributed by atoms with E-state index in [0.717, 1.165) is 155 Å². The number of para-hydroxylation sites is 1. The van der Waals surface area contributed by atoms with Gasteiger partial charge < -0.3 is 15.5 Å².